The number of thiophene rings is 1. The first-order chi connectivity index (χ1) is 6.29. The van der Waals surface area contributed by atoms with Gasteiger partial charge in [0, 0.05) is 16.0 Å². The Balaban J connectivity index is 2.90. The third-order valence-corrected chi connectivity index (χ3v) is 4.70. The third kappa shape index (κ3) is 3.26. The molecule has 1 aromatic heterocycles. The second kappa shape index (κ2) is 4.21. The molecule has 5 heteroatoms. The summed E-state index contributed by atoms with van der Waals surface area (Å²) in [6.45, 7) is 3.95. The lowest BCUT2D eigenvalue weighted by molar-refractivity contribution is 0.600. The molecule has 1 unspecified atom stereocenters. The molecule has 0 aliphatic heterocycles. The molecule has 0 bridgehead atoms. The van der Waals surface area contributed by atoms with Crippen LogP contribution in [0.25, 0.3) is 0 Å². The van der Waals surface area contributed by atoms with Crippen molar-refractivity contribution < 1.29 is 8.42 Å². The molecule has 0 aliphatic carbocycles. The second-order valence-corrected chi connectivity index (χ2v) is 7.46. The molecule has 1 aromatic rings. The number of alkyl halides is 1. The number of hydrogen-bond donors (Lipinski definition) is 0. The molecular weight excluding hydrogens is 240 g/mol. The maximum atomic E-state index is 11.1. The first kappa shape index (κ1) is 12.0. The first-order valence-electron chi connectivity index (χ1n) is 4.18. The van der Waals surface area contributed by atoms with E-state index in [9.17, 15) is 8.42 Å². The van der Waals surface area contributed by atoms with Crippen LogP contribution in [0.2, 0.25) is 0 Å². The average Bonchev–Trinajstić information content (AvgIpc) is 2.26. The number of aryl methyl sites for hydroxylation is 2. The highest BCUT2D eigenvalue weighted by Crippen LogP contribution is 2.32. The molecule has 1 heterocycles. The van der Waals surface area contributed by atoms with Crippen molar-refractivity contribution in [3.63, 3.8) is 0 Å². The Labute approximate surface area is 93.8 Å². The fourth-order valence-electron chi connectivity index (χ4n) is 1.31. The molecule has 0 radical (unpaired) electrons. The Morgan fingerprint density at radius 2 is 2.07 bits per heavy atom. The van der Waals surface area contributed by atoms with Crippen molar-refractivity contribution in [2.24, 2.45) is 0 Å². The SMILES string of the molecule is Cc1cc(C)c(C(Cl)CS(C)(=O)=O)s1. The summed E-state index contributed by atoms with van der Waals surface area (Å²) in [5, 5.41) is -0.413. The highest BCUT2D eigenvalue weighted by Gasteiger charge is 2.18. The fourth-order valence-corrected chi connectivity index (χ4v) is 4.12. The van der Waals surface area contributed by atoms with Gasteiger partial charge >= 0.3 is 0 Å². The molecule has 1 rings (SSSR count). The van der Waals surface area contributed by atoms with Crippen LogP contribution in [0, 0.1) is 13.8 Å². The Kier molecular flexibility index (Phi) is 3.61. The zero-order valence-corrected chi connectivity index (χ0v) is 10.8. The van der Waals surface area contributed by atoms with E-state index >= 15 is 0 Å². The highest BCUT2D eigenvalue weighted by molar-refractivity contribution is 7.90. The first-order valence-corrected chi connectivity index (χ1v) is 7.49. The molecule has 1 atom stereocenters. The van der Waals surface area contributed by atoms with Gasteiger partial charge in [0.05, 0.1) is 11.1 Å². The Hall–Kier alpha value is -0.0600. The summed E-state index contributed by atoms with van der Waals surface area (Å²) in [5.74, 6) is 0.00927. The minimum Gasteiger partial charge on any atom is -0.229 e. The van der Waals surface area contributed by atoms with Gasteiger partial charge in [0.25, 0.3) is 0 Å². The highest BCUT2D eigenvalue weighted by atomic mass is 35.5. The van der Waals surface area contributed by atoms with Gasteiger partial charge in [-0.15, -0.1) is 22.9 Å². The number of hydrogen-bond acceptors (Lipinski definition) is 3. The summed E-state index contributed by atoms with van der Waals surface area (Å²) in [6.07, 6.45) is 1.21. The van der Waals surface area contributed by atoms with Gasteiger partial charge in [0.1, 0.15) is 9.84 Å². The van der Waals surface area contributed by atoms with Crippen molar-refractivity contribution >= 4 is 32.8 Å². The predicted molar refractivity (Wildman–Crippen MR) is 62.1 cm³/mol. The molecule has 0 amide bonds. The average molecular weight is 253 g/mol. The number of rotatable bonds is 3. The van der Waals surface area contributed by atoms with Crippen LogP contribution in [0.4, 0.5) is 0 Å². The van der Waals surface area contributed by atoms with Crippen LogP contribution >= 0.6 is 22.9 Å². The molecule has 0 fully saturated rings. The van der Waals surface area contributed by atoms with Gasteiger partial charge in [-0.3, -0.25) is 0 Å². The van der Waals surface area contributed by atoms with E-state index in [1.165, 1.54) is 6.26 Å². The van der Waals surface area contributed by atoms with E-state index in [1.807, 2.05) is 19.9 Å². The van der Waals surface area contributed by atoms with Crippen molar-refractivity contribution in [1.29, 1.82) is 0 Å². The van der Waals surface area contributed by atoms with E-state index in [0.29, 0.717) is 0 Å². The predicted octanol–water partition coefficient (Wildman–Crippen LogP) is 2.69. The van der Waals surface area contributed by atoms with Crippen molar-refractivity contribution in [2.45, 2.75) is 19.2 Å². The summed E-state index contributed by atoms with van der Waals surface area (Å²) in [7, 11) is -3.00. The summed E-state index contributed by atoms with van der Waals surface area (Å²) in [4.78, 5) is 2.13. The molecule has 0 saturated heterocycles. The van der Waals surface area contributed by atoms with Crippen LogP contribution in [0.5, 0.6) is 0 Å². The van der Waals surface area contributed by atoms with E-state index in [-0.39, 0.29) is 5.75 Å². The minimum absolute atomic E-state index is 0.00927. The van der Waals surface area contributed by atoms with Gasteiger partial charge in [-0.2, -0.15) is 0 Å². The Morgan fingerprint density at radius 3 is 2.43 bits per heavy atom. The summed E-state index contributed by atoms with van der Waals surface area (Å²) in [6, 6.07) is 2.03. The molecule has 0 saturated carbocycles. The normalized spacial score (nSPS) is 14.3. The molecule has 0 N–H and O–H groups in total. The van der Waals surface area contributed by atoms with Gasteiger partial charge in [-0.25, -0.2) is 8.42 Å². The topological polar surface area (TPSA) is 34.1 Å². The van der Waals surface area contributed by atoms with Gasteiger partial charge in [0.15, 0.2) is 0 Å². The minimum atomic E-state index is -3.00. The third-order valence-electron chi connectivity index (χ3n) is 1.81. The zero-order valence-electron chi connectivity index (χ0n) is 8.37. The smallest absolute Gasteiger partial charge is 0.149 e. The van der Waals surface area contributed by atoms with Crippen LogP contribution < -0.4 is 0 Å². The zero-order chi connectivity index (χ0) is 10.9. The molecule has 0 aromatic carbocycles. The quantitative estimate of drug-likeness (QED) is 0.776. The maximum Gasteiger partial charge on any atom is 0.149 e. The van der Waals surface area contributed by atoms with Crippen LogP contribution in [0.3, 0.4) is 0 Å². The maximum absolute atomic E-state index is 11.1. The van der Waals surface area contributed by atoms with Crippen molar-refractivity contribution in [3.05, 3.63) is 21.4 Å². The summed E-state index contributed by atoms with van der Waals surface area (Å²) < 4.78 is 22.1. The lowest BCUT2D eigenvalue weighted by atomic mass is 10.2. The monoisotopic (exact) mass is 252 g/mol. The summed E-state index contributed by atoms with van der Waals surface area (Å²) in [5.41, 5.74) is 1.08. The molecule has 0 spiro atoms. The fraction of sp³-hybridized carbons (Fsp3) is 0.556. The van der Waals surface area contributed by atoms with E-state index in [4.69, 9.17) is 11.6 Å². The van der Waals surface area contributed by atoms with Crippen molar-refractivity contribution in [3.8, 4) is 0 Å². The second-order valence-electron chi connectivity index (χ2n) is 3.46. The van der Waals surface area contributed by atoms with E-state index < -0.39 is 15.2 Å². The molecule has 2 nitrogen and oxygen atoms in total. The molecule has 80 valence electrons. The number of sulfone groups is 1. The molecule has 0 aliphatic rings. The van der Waals surface area contributed by atoms with Crippen LogP contribution in [0.1, 0.15) is 20.7 Å². The van der Waals surface area contributed by atoms with Crippen LogP contribution in [-0.2, 0) is 9.84 Å². The largest absolute Gasteiger partial charge is 0.229 e. The van der Waals surface area contributed by atoms with Crippen LogP contribution in [-0.4, -0.2) is 20.4 Å². The lowest BCUT2D eigenvalue weighted by Gasteiger charge is -2.06. The standard InChI is InChI=1S/C9H13ClO2S2/c1-6-4-7(2)13-9(6)8(10)5-14(3,11)12/h4,8H,5H2,1-3H3. The van der Waals surface area contributed by atoms with E-state index in [0.717, 1.165) is 15.3 Å². The molecule has 14 heavy (non-hydrogen) atoms. The Morgan fingerprint density at radius 1 is 1.50 bits per heavy atom. The van der Waals surface area contributed by atoms with Crippen molar-refractivity contribution in [2.75, 3.05) is 12.0 Å². The van der Waals surface area contributed by atoms with E-state index in [2.05, 4.69) is 0 Å². The summed E-state index contributed by atoms with van der Waals surface area (Å²) >= 11 is 7.61. The van der Waals surface area contributed by atoms with Gasteiger partial charge in [-0.1, -0.05) is 0 Å². The van der Waals surface area contributed by atoms with E-state index in [1.54, 1.807) is 11.3 Å². The van der Waals surface area contributed by atoms with Gasteiger partial charge < -0.3 is 0 Å². The Bertz CT molecular complexity index is 420. The van der Waals surface area contributed by atoms with Gasteiger partial charge in [0.2, 0.25) is 0 Å². The molecular formula is C9H13ClO2S2. The number of halogens is 1. The lowest BCUT2D eigenvalue weighted by Crippen LogP contribution is -2.08. The van der Waals surface area contributed by atoms with Gasteiger partial charge in [-0.05, 0) is 25.5 Å². The van der Waals surface area contributed by atoms with Crippen LogP contribution in [0.15, 0.2) is 6.07 Å². The van der Waals surface area contributed by atoms with Crippen molar-refractivity contribution in [1.82, 2.24) is 0 Å².